The third-order valence-corrected chi connectivity index (χ3v) is 2.84. The van der Waals surface area contributed by atoms with E-state index in [4.69, 9.17) is 16.3 Å². The van der Waals surface area contributed by atoms with Gasteiger partial charge in [0, 0.05) is 30.8 Å². The van der Waals surface area contributed by atoms with Crippen molar-refractivity contribution in [3.8, 4) is 0 Å². The Bertz CT molecular complexity index is 407. The average Bonchev–Trinajstić information content (AvgIpc) is 2.37. The SMILES string of the molecule is CC/C(=C/c1cc(Cl)ccc1F)CNCCOC. The summed E-state index contributed by atoms with van der Waals surface area (Å²) in [5.41, 5.74) is 1.67. The molecule has 0 aliphatic rings. The van der Waals surface area contributed by atoms with Crippen LogP contribution in [0.4, 0.5) is 4.39 Å². The average molecular weight is 272 g/mol. The summed E-state index contributed by atoms with van der Waals surface area (Å²) < 4.78 is 18.5. The highest BCUT2D eigenvalue weighted by molar-refractivity contribution is 6.30. The van der Waals surface area contributed by atoms with Crippen LogP contribution < -0.4 is 5.32 Å². The zero-order valence-electron chi connectivity index (χ0n) is 10.8. The number of nitrogens with one attached hydrogen (secondary N) is 1. The monoisotopic (exact) mass is 271 g/mol. The second kappa shape index (κ2) is 8.25. The third-order valence-electron chi connectivity index (χ3n) is 2.61. The van der Waals surface area contributed by atoms with Gasteiger partial charge >= 0.3 is 0 Å². The van der Waals surface area contributed by atoms with Crippen molar-refractivity contribution >= 4 is 17.7 Å². The first-order valence-corrected chi connectivity index (χ1v) is 6.39. The number of halogens is 2. The fourth-order valence-corrected chi connectivity index (χ4v) is 1.73. The highest BCUT2D eigenvalue weighted by Gasteiger charge is 2.02. The number of benzene rings is 1. The molecule has 0 saturated carbocycles. The van der Waals surface area contributed by atoms with Crippen LogP contribution in [0.25, 0.3) is 6.08 Å². The molecular weight excluding hydrogens is 253 g/mol. The Labute approximate surface area is 113 Å². The van der Waals surface area contributed by atoms with Crippen LogP contribution in [0.3, 0.4) is 0 Å². The van der Waals surface area contributed by atoms with Gasteiger partial charge in [0.05, 0.1) is 6.61 Å². The van der Waals surface area contributed by atoms with Crippen molar-refractivity contribution in [3.63, 3.8) is 0 Å². The lowest BCUT2D eigenvalue weighted by atomic mass is 10.1. The highest BCUT2D eigenvalue weighted by atomic mass is 35.5. The molecule has 0 bridgehead atoms. The second-order valence-corrected chi connectivity index (χ2v) is 4.43. The summed E-state index contributed by atoms with van der Waals surface area (Å²) in [6.45, 7) is 4.23. The van der Waals surface area contributed by atoms with E-state index in [-0.39, 0.29) is 5.82 Å². The summed E-state index contributed by atoms with van der Waals surface area (Å²) in [6, 6.07) is 4.58. The maximum absolute atomic E-state index is 13.6. The van der Waals surface area contributed by atoms with Crippen LogP contribution in [-0.2, 0) is 4.74 Å². The van der Waals surface area contributed by atoms with Gasteiger partial charge < -0.3 is 10.1 Å². The Balaban J connectivity index is 2.68. The first kappa shape index (κ1) is 15.2. The largest absolute Gasteiger partial charge is 0.383 e. The van der Waals surface area contributed by atoms with Crippen molar-refractivity contribution in [2.75, 3.05) is 26.8 Å². The van der Waals surface area contributed by atoms with Crippen LogP contribution in [-0.4, -0.2) is 26.8 Å². The molecule has 0 aromatic heterocycles. The molecule has 0 amide bonds. The molecule has 1 aromatic rings. The van der Waals surface area contributed by atoms with Crippen LogP contribution in [0.1, 0.15) is 18.9 Å². The molecule has 0 fully saturated rings. The van der Waals surface area contributed by atoms with E-state index in [0.717, 1.165) is 25.1 Å². The van der Waals surface area contributed by atoms with Gasteiger partial charge in [-0.3, -0.25) is 0 Å². The number of rotatable bonds is 7. The van der Waals surface area contributed by atoms with Crippen molar-refractivity contribution in [2.45, 2.75) is 13.3 Å². The topological polar surface area (TPSA) is 21.3 Å². The summed E-state index contributed by atoms with van der Waals surface area (Å²) >= 11 is 5.86. The lowest BCUT2D eigenvalue weighted by Gasteiger charge is -2.07. The molecule has 0 heterocycles. The normalized spacial score (nSPS) is 11.9. The molecule has 1 aromatic carbocycles. The van der Waals surface area contributed by atoms with Gasteiger partial charge in [-0.05, 0) is 24.6 Å². The molecule has 0 aliphatic heterocycles. The van der Waals surface area contributed by atoms with Crippen LogP contribution in [0.2, 0.25) is 5.02 Å². The summed E-state index contributed by atoms with van der Waals surface area (Å²) in [5.74, 6) is -0.248. The molecule has 18 heavy (non-hydrogen) atoms. The van der Waals surface area contributed by atoms with Gasteiger partial charge in [-0.2, -0.15) is 0 Å². The van der Waals surface area contributed by atoms with Crippen molar-refractivity contribution in [1.29, 1.82) is 0 Å². The first-order chi connectivity index (χ1) is 8.67. The molecule has 0 aliphatic carbocycles. The molecule has 4 heteroatoms. The maximum atomic E-state index is 13.6. The van der Waals surface area contributed by atoms with Gasteiger partial charge in [0.2, 0.25) is 0 Å². The predicted octanol–water partition coefficient (Wildman–Crippen LogP) is 3.51. The second-order valence-electron chi connectivity index (χ2n) is 3.99. The molecule has 100 valence electrons. The van der Waals surface area contributed by atoms with Crippen LogP contribution in [0, 0.1) is 5.82 Å². The minimum Gasteiger partial charge on any atom is -0.383 e. The number of methoxy groups -OCH3 is 1. The number of ether oxygens (including phenoxy) is 1. The Morgan fingerprint density at radius 1 is 1.50 bits per heavy atom. The van der Waals surface area contributed by atoms with Crippen molar-refractivity contribution < 1.29 is 9.13 Å². The van der Waals surface area contributed by atoms with Gasteiger partial charge in [-0.15, -0.1) is 0 Å². The van der Waals surface area contributed by atoms with E-state index in [0.29, 0.717) is 17.2 Å². The maximum Gasteiger partial charge on any atom is 0.130 e. The van der Waals surface area contributed by atoms with Crippen LogP contribution in [0.5, 0.6) is 0 Å². The molecule has 1 rings (SSSR count). The van der Waals surface area contributed by atoms with Crippen molar-refractivity contribution in [1.82, 2.24) is 5.32 Å². The molecular formula is C14H19ClFNO. The number of hydrogen-bond acceptors (Lipinski definition) is 2. The third kappa shape index (κ3) is 5.17. The summed E-state index contributed by atoms with van der Waals surface area (Å²) in [4.78, 5) is 0. The number of hydrogen-bond donors (Lipinski definition) is 1. The van der Waals surface area contributed by atoms with E-state index < -0.39 is 0 Å². The van der Waals surface area contributed by atoms with E-state index in [9.17, 15) is 4.39 Å². The molecule has 0 unspecified atom stereocenters. The minimum absolute atomic E-state index is 0.248. The molecule has 1 N–H and O–H groups in total. The Morgan fingerprint density at radius 2 is 2.28 bits per heavy atom. The van der Waals surface area contributed by atoms with E-state index in [1.165, 1.54) is 6.07 Å². The lowest BCUT2D eigenvalue weighted by molar-refractivity contribution is 0.200. The zero-order valence-corrected chi connectivity index (χ0v) is 11.6. The summed E-state index contributed by atoms with van der Waals surface area (Å²) in [6.07, 6.45) is 2.72. The Kier molecular flexibility index (Phi) is 6.94. The summed E-state index contributed by atoms with van der Waals surface area (Å²) in [7, 11) is 1.67. The van der Waals surface area contributed by atoms with Crippen molar-refractivity contribution in [2.24, 2.45) is 0 Å². The van der Waals surface area contributed by atoms with Gasteiger partial charge in [-0.1, -0.05) is 30.2 Å². The first-order valence-electron chi connectivity index (χ1n) is 6.01. The van der Waals surface area contributed by atoms with E-state index in [2.05, 4.69) is 5.32 Å². The fraction of sp³-hybridized carbons (Fsp3) is 0.429. The predicted molar refractivity (Wildman–Crippen MR) is 74.4 cm³/mol. The molecule has 0 atom stereocenters. The minimum atomic E-state index is -0.248. The lowest BCUT2D eigenvalue weighted by Crippen LogP contribution is -2.21. The van der Waals surface area contributed by atoms with Gasteiger partial charge in [-0.25, -0.2) is 4.39 Å². The molecule has 0 saturated heterocycles. The van der Waals surface area contributed by atoms with Gasteiger partial charge in [0.25, 0.3) is 0 Å². The van der Waals surface area contributed by atoms with Gasteiger partial charge in [0.15, 0.2) is 0 Å². The van der Waals surface area contributed by atoms with Crippen LogP contribution in [0.15, 0.2) is 23.8 Å². The molecule has 0 radical (unpaired) electrons. The quantitative estimate of drug-likeness (QED) is 0.767. The molecule has 0 spiro atoms. The smallest absolute Gasteiger partial charge is 0.130 e. The highest BCUT2D eigenvalue weighted by Crippen LogP contribution is 2.18. The van der Waals surface area contributed by atoms with Gasteiger partial charge in [0.1, 0.15) is 5.82 Å². The Morgan fingerprint density at radius 3 is 2.94 bits per heavy atom. The van der Waals surface area contributed by atoms with Crippen LogP contribution >= 0.6 is 11.6 Å². The van der Waals surface area contributed by atoms with E-state index in [1.54, 1.807) is 19.2 Å². The molecule has 2 nitrogen and oxygen atoms in total. The Hall–Kier alpha value is -0.900. The fourth-order valence-electron chi connectivity index (χ4n) is 1.55. The van der Waals surface area contributed by atoms with E-state index >= 15 is 0 Å². The zero-order chi connectivity index (χ0) is 13.4. The standard InChI is InChI=1S/C14H19ClFNO/c1-3-11(10-17-6-7-18-2)8-12-9-13(15)4-5-14(12)16/h4-5,8-9,17H,3,6-7,10H2,1-2H3/b11-8-. The van der Waals surface area contributed by atoms with Crippen molar-refractivity contribution in [3.05, 3.63) is 40.2 Å². The van der Waals surface area contributed by atoms with E-state index in [1.807, 2.05) is 13.0 Å². The summed E-state index contributed by atoms with van der Waals surface area (Å²) in [5, 5.41) is 3.79.